The molecular weight excluding hydrogens is 191 g/mol. The van der Waals surface area contributed by atoms with E-state index in [2.05, 4.69) is 69.7 Å². The number of hydrogen-bond donors (Lipinski definition) is 0. The van der Waals surface area contributed by atoms with Gasteiger partial charge in [0.05, 0.1) is 0 Å². The third-order valence-corrected chi connectivity index (χ3v) is 3.24. The molecule has 1 aromatic carbocycles. The van der Waals surface area contributed by atoms with Crippen LogP contribution < -0.4 is 5.46 Å². The van der Waals surface area contributed by atoms with E-state index in [4.69, 9.17) is 0 Å². The van der Waals surface area contributed by atoms with Crippen molar-refractivity contribution >= 4 is 18.3 Å². The van der Waals surface area contributed by atoms with Crippen LogP contribution in [0.5, 0.6) is 0 Å². The summed E-state index contributed by atoms with van der Waals surface area (Å²) in [7, 11) is 2.27. The third-order valence-electron chi connectivity index (χ3n) is 3.24. The molecule has 77 valence electrons. The molecule has 0 nitrogen and oxygen atoms in total. The zero-order chi connectivity index (χ0) is 11.2. The molecular formula is C15H14B. The lowest BCUT2D eigenvalue weighted by Crippen LogP contribution is -2.13. The Labute approximate surface area is 97.6 Å². The van der Waals surface area contributed by atoms with E-state index in [1.165, 1.54) is 22.1 Å². The van der Waals surface area contributed by atoms with Gasteiger partial charge in [0.25, 0.3) is 0 Å². The molecule has 0 unspecified atom stereocenters. The standard InChI is InChI=1S/C15H14B/c1-15(2)9-7-12-11-5-3-4-6-13(11)16-14(12)8-10-15/h3-10H,1-2H3. The molecule has 0 atom stereocenters. The average molecular weight is 205 g/mol. The molecule has 3 rings (SSSR count). The monoisotopic (exact) mass is 205 g/mol. The van der Waals surface area contributed by atoms with Crippen LogP contribution in [0.3, 0.4) is 0 Å². The predicted octanol–water partition coefficient (Wildman–Crippen LogP) is 2.89. The van der Waals surface area contributed by atoms with Crippen molar-refractivity contribution in [3.63, 3.8) is 0 Å². The highest BCUT2D eigenvalue weighted by atomic mass is 14.2. The van der Waals surface area contributed by atoms with Gasteiger partial charge in [0, 0.05) is 5.41 Å². The summed E-state index contributed by atoms with van der Waals surface area (Å²) in [4.78, 5) is 0. The molecule has 16 heavy (non-hydrogen) atoms. The van der Waals surface area contributed by atoms with Gasteiger partial charge in [0.15, 0.2) is 7.28 Å². The summed E-state index contributed by atoms with van der Waals surface area (Å²) in [5, 5.41) is 0. The Balaban J connectivity index is 2.12. The quantitative estimate of drug-likeness (QED) is 0.571. The molecule has 0 amide bonds. The van der Waals surface area contributed by atoms with Crippen molar-refractivity contribution < 1.29 is 0 Å². The van der Waals surface area contributed by atoms with Gasteiger partial charge in [-0.2, -0.15) is 0 Å². The van der Waals surface area contributed by atoms with Crippen molar-refractivity contribution in [3.05, 3.63) is 59.6 Å². The number of allylic oxidation sites excluding steroid dienone is 6. The van der Waals surface area contributed by atoms with Gasteiger partial charge in [-0.1, -0.05) is 73.4 Å². The molecule has 0 aromatic heterocycles. The molecule has 0 spiro atoms. The van der Waals surface area contributed by atoms with Gasteiger partial charge in [0.1, 0.15) is 0 Å². The number of fused-ring (bicyclic) bond motifs is 2. The molecule has 0 fully saturated rings. The Morgan fingerprint density at radius 1 is 1.00 bits per heavy atom. The number of rotatable bonds is 0. The summed E-state index contributed by atoms with van der Waals surface area (Å²) in [6, 6.07) is 8.58. The lowest BCUT2D eigenvalue weighted by Gasteiger charge is -2.13. The van der Waals surface area contributed by atoms with Gasteiger partial charge in [0.2, 0.25) is 0 Å². The number of benzene rings is 1. The maximum Gasteiger partial charge on any atom is 0.193 e. The molecule has 1 heterocycles. The first-order valence-electron chi connectivity index (χ1n) is 5.73. The Bertz CT molecular complexity index is 530. The smallest absolute Gasteiger partial charge is 0.0756 e. The van der Waals surface area contributed by atoms with E-state index in [0.29, 0.717) is 0 Å². The van der Waals surface area contributed by atoms with Crippen LogP contribution in [-0.4, -0.2) is 7.28 Å². The summed E-state index contributed by atoms with van der Waals surface area (Å²) in [6.45, 7) is 4.46. The highest BCUT2D eigenvalue weighted by Gasteiger charge is 2.22. The Morgan fingerprint density at radius 3 is 2.62 bits per heavy atom. The Hall–Kier alpha value is -1.50. The predicted molar refractivity (Wildman–Crippen MR) is 70.8 cm³/mol. The van der Waals surface area contributed by atoms with Gasteiger partial charge in [-0.3, -0.25) is 0 Å². The largest absolute Gasteiger partial charge is 0.193 e. The second kappa shape index (κ2) is 3.25. The minimum atomic E-state index is 0.160. The van der Waals surface area contributed by atoms with Crippen LogP contribution in [0, 0.1) is 5.41 Å². The van der Waals surface area contributed by atoms with Crippen LogP contribution in [0.1, 0.15) is 19.4 Å². The molecule has 0 N–H and O–H groups in total. The highest BCUT2D eigenvalue weighted by molar-refractivity contribution is 6.67. The molecule has 0 saturated heterocycles. The average Bonchev–Trinajstić information content (AvgIpc) is 2.54. The second-order valence-electron chi connectivity index (χ2n) is 5.09. The zero-order valence-corrected chi connectivity index (χ0v) is 9.70. The minimum absolute atomic E-state index is 0.160. The molecule has 1 radical (unpaired) electrons. The first kappa shape index (κ1) is 9.71. The van der Waals surface area contributed by atoms with E-state index in [9.17, 15) is 0 Å². The molecule has 1 aliphatic carbocycles. The second-order valence-corrected chi connectivity index (χ2v) is 5.09. The van der Waals surface area contributed by atoms with Crippen molar-refractivity contribution in [2.45, 2.75) is 13.8 Å². The van der Waals surface area contributed by atoms with Crippen molar-refractivity contribution in [2.75, 3.05) is 0 Å². The maximum atomic E-state index is 2.28. The number of hydrogen-bond acceptors (Lipinski definition) is 0. The summed E-state index contributed by atoms with van der Waals surface area (Å²) >= 11 is 0. The third kappa shape index (κ3) is 1.47. The first-order valence-corrected chi connectivity index (χ1v) is 5.73. The van der Waals surface area contributed by atoms with Gasteiger partial charge < -0.3 is 0 Å². The molecule has 1 aliphatic heterocycles. The normalized spacial score (nSPS) is 20.1. The van der Waals surface area contributed by atoms with Crippen molar-refractivity contribution in [2.24, 2.45) is 5.41 Å². The van der Waals surface area contributed by atoms with Crippen LogP contribution >= 0.6 is 0 Å². The summed E-state index contributed by atoms with van der Waals surface area (Å²) in [5.74, 6) is 0. The summed E-state index contributed by atoms with van der Waals surface area (Å²) in [5.41, 5.74) is 5.55. The van der Waals surface area contributed by atoms with Crippen LogP contribution in [0.25, 0.3) is 5.57 Å². The fourth-order valence-corrected chi connectivity index (χ4v) is 2.25. The van der Waals surface area contributed by atoms with E-state index in [0.717, 1.165) is 0 Å². The van der Waals surface area contributed by atoms with E-state index < -0.39 is 0 Å². The topological polar surface area (TPSA) is 0 Å². The lowest BCUT2D eigenvalue weighted by molar-refractivity contribution is 0.627. The van der Waals surface area contributed by atoms with E-state index >= 15 is 0 Å². The molecule has 0 bridgehead atoms. The molecule has 0 saturated carbocycles. The Morgan fingerprint density at radius 2 is 1.75 bits per heavy atom. The van der Waals surface area contributed by atoms with E-state index in [1.54, 1.807) is 0 Å². The highest BCUT2D eigenvalue weighted by Crippen LogP contribution is 2.31. The molecule has 1 heteroatoms. The fourth-order valence-electron chi connectivity index (χ4n) is 2.25. The van der Waals surface area contributed by atoms with Gasteiger partial charge in [-0.15, -0.1) is 0 Å². The van der Waals surface area contributed by atoms with Crippen molar-refractivity contribution in [3.8, 4) is 0 Å². The Kier molecular flexibility index (Phi) is 1.97. The van der Waals surface area contributed by atoms with Gasteiger partial charge >= 0.3 is 0 Å². The summed E-state index contributed by atoms with van der Waals surface area (Å²) < 4.78 is 0. The van der Waals surface area contributed by atoms with Crippen LogP contribution in [-0.2, 0) is 0 Å². The fraction of sp³-hybridized carbons (Fsp3) is 0.200. The van der Waals surface area contributed by atoms with E-state index in [-0.39, 0.29) is 5.41 Å². The van der Waals surface area contributed by atoms with E-state index in [1.807, 2.05) is 0 Å². The first-order chi connectivity index (χ1) is 7.66. The van der Waals surface area contributed by atoms with Crippen LogP contribution in [0.4, 0.5) is 0 Å². The molecule has 2 aliphatic rings. The van der Waals surface area contributed by atoms with Crippen molar-refractivity contribution in [1.29, 1.82) is 0 Å². The summed E-state index contributed by atoms with van der Waals surface area (Å²) in [6.07, 6.45) is 9.06. The van der Waals surface area contributed by atoms with Crippen molar-refractivity contribution in [1.82, 2.24) is 0 Å². The lowest BCUT2D eigenvalue weighted by atomic mass is 9.66. The maximum absolute atomic E-state index is 2.28. The molecule has 1 aromatic rings. The minimum Gasteiger partial charge on any atom is -0.0756 e. The SMILES string of the molecule is CC1(C)C=CC2=C(C=C1)c1ccccc1[B]2. The van der Waals surface area contributed by atoms with Gasteiger partial charge in [-0.25, -0.2) is 0 Å². The van der Waals surface area contributed by atoms with Crippen LogP contribution in [0.2, 0.25) is 0 Å². The zero-order valence-electron chi connectivity index (χ0n) is 9.70. The van der Waals surface area contributed by atoms with Gasteiger partial charge in [-0.05, 0) is 11.1 Å². The van der Waals surface area contributed by atoms with Crippen LogP contribution in [0.15, 0.2) is 54.0 Å².